The van der Waals surface area contributed by atoms with Crippen molar-refractivity contribution >= 4 is 16.4 Å². The van der Waals surface area contributed by atoms with Crippen molar-refractivity contribution in [3.8, 4) is 0 Å². The largest absolute Gasteiger partial charge is 0.457 e. The molecule has 0 saturated carbocycles. The molecule has 0 aromatic heterocycles. The minimum Gasteiger partial charge on any atom is -0.457 e. The van der Waals surface area contributed by atoms with Gasteiger partial charge in [-0.25, -0.2) is 4.18 Å². The highest BCUT2D eigenvalue weighted by Crippen LogP contribution is 2.26. The molecule has 1 fully saturated rings. The molecule has 6 atom stereocenters. The molecule has 1 saturated heterocycles. The Bertz CT molecular complexity index is 1170. The Hall–Kier alpha value is -1.42. The lowest BCUT2D eigenvalue weighted by molar-refractivity contribution is -0.301. The van der Waals surface area contributed by atoms with E-state index in [1.165, 1.54) is 135 Å². The van der Waals surface area contributed by atoms with Gasteiger partial charge in [0, 0.05) is 13.0 Å². The smallest absolute Gasteiger partial charge is 0.397 e. The third-order valence-electron chi connectivity index (χ3n) is 11.3. The van der Waals surface area contributed by atoms with E-state index in [2.05, 4.69) is 42.3 Å². The van der Waals surface area contributed by atoms with Gasteiger partial charge >= 0.3 is 16.4 Å². The number of unbranched alkanes of at least 4 members (excludes halogenated alkanes) is 26. The molecule has 0 aromatic rings. The molecule has 0 bridgehead atoms. The van der Waals surface area contributed by atoms with Crippen molar-refractivity contribution in [2.45, 2.75) is 250 Å². The molecule has 1 aliphatic heterocycles. The Morgan fingerprint density at radius 1 is 0.607 bits per heavy atom. The van der Waals surface area contributed by atoms with E-state index < -0.39 is 59.8 Å². The molecule has 1 heterocycles. The van der Waals surface area contributed by atoms with Crippen LogP contribution in [0.5, 0.6) is 0 Å². The van der Waals surface area contributed by atoms with Gasteiger partial charge in [-0.05, 0) is 64.2 Å². The molecule has 0 spiro atoms. The first-order chi connectivity index (χ1) is 29.6. The van der Waals surface area contributed by atoms with Crippen molar-refractivity contribution in [3.63, 3.8) is 0 Å². The lowest BCUT2D eigenvalue weighted by Gasteiger charge is -2.41. The van der Waals surface area contributed by atoms with Crippen LogP contribution in [-0.2, 0) is 38.3 Å². The van der Waals surface area contributed by atoms with Crippen molar-refractivity contribution in [2.75, 3.05) is 26.4 Å². The first-order valence-corrected chi connectivity index (χ1v) is 26.0. The van der Waals surface area contributed by atoms with E-state index in [0.29, 0.717) is 13.0 Å². The monoisotopic (exact) mass is 891 g/mol. The molecular formula is C48H90O12S. The minimum atomic E-state index is -5.06. The molecule has 12 nitrogen and oxygen atoms in total. The number of allylic oxidation sites excluding steroid dienone is 4. The maximum atomic E-state index is 12.9. The fourth-order valence-corrected chi connectivity index (χ4v) is 8.05. The Morgan fingerprint density at radius 3 is 1.48 bits per heavy atom. The number of esters is 1. The minimum absolute atomic E-state index is 0.0327. The molecular weight excluding hydrogens is 801 g/mol. The zero-order valence-electron chi connectivity index (χ0n) is 38.5. The molecule has 4 N–H and O–H groups in total. The fraction of sp³-hybridized carbons (Fsp3) is 0.896. The number of aliphatic hydroxyl groups is 3. The van der Waals surface area contributed by atoms with Gasteiger partial charge < -0.3 is 34.3 Å². The van der Waals surface area contributed by atoms with Gasteiger partial charge in [-0.1, -0.05) is 167 Å². The number of aliphatic hydroxyl groups excluding tert-OH is 3. The van der Waals surface area contributed by atoms with Gasteiger partial charge in [0.15, 0.2) is 6.29 Å². The van der Waals surface area contributed by atoms with Crippen molar-refractivity contribution < 1.29 is 56.2 Å². The van der Waals surface area contributed by atoms with Crippen LogP contribution >= 0.6 is 0 Å². The van der Waals surface area contributed by atoms with Crippen LogP contribution in [0.3, 0.4) is 0 Å². The van der Waals surface area contributed by atoms with E-state index in [-0.39, 0.29) is 19.6 Å². The number of hydrogen-bond donors (Lipinski definition) is 4. The lowest BCUT2D eigenvalue weighted by atomic mass is 9.99. The zero-order valence-corrected chi connectivity index (χ0v) is 39.3. The average Bonchev–Trinajstić information content (AvgIpc) is 3.23. The van der Waals surface area contributed by atoms with Gasteiger partial charge in [0.25, 0.3) is 0 Å². The highest BCUT2D eigenvalue weighted by atomic mass is 32.3. The third kappa shape index (κ3) is 33.7. The van der Waals surface area contributed by atoms with Gasteiger partial charge in [0.05, 0.1) is 19.8 Å². The summed E-state index contributed by atoms with van der Waals surface area (Å²) in [6.07, 6.45) is 36.3. The summed E-state index contributed by atoms with van der Waals surface area (Å²) in [6, 6.07) is 0. The predicted octanol–water partition coefficient (Wildman–Crippen LogP) is 10.8. The first-order valence-electron chi connectivity index (χ1n) is 24.6. The van der Waals surface area contributed by atoms with Crippen LogP contribution in [-0.4, -0.2) is 97.5 Å². The second-order valence-corrected chi connectivity index (χ2v) is 18.1. The van der Waals surface area contributed by atoms with E-state index in [0.717, 1.165) is 51.4 Å². The molecule has 1 aliphatic rings. The third-order valence-corrected chi connectivity index (χ3v) is 11.8. The topological polar surface area (TPSA) is 178 Å². The van der Waals surface area contributed by atoms with Crippen LogP contribution in [0.4, 0.5) is 0 Å². The van der Waals surface area contributed by atoms with E-state index in [1.54, 1.807) is 0 Å². The molecule has 13 heteroatoms. The number of ether oxygens (including phenoxy) is 4. The summed E-state index contributed by atoms with van der Waals surface area (Å²) in [5.74, 6) is -0.404. The van der Waals surface area contributed by atoms with E-state index in [4.69, 9.17) is 18.9 Å². The SMILES string of the molecule is CCCCCCCC/C=C\CCCCCCCCCC(=O)OC(COCCCCCCCC/C=C\CCCCCCCCC)COC1OC(CO)C(O)C(OS(=O)(=O)O)C1O. The first kappa shape index (κ1) is 57.6. The summed E-state index contributed by atoms with van der Waals surface area (Å²) in [7, 11) is -5.06. The zero-order chi connectivity index (χ0) is 44.7. The van der Waals surface area contributed by atoms with Gasteiger partial charge in [-0.2, -0.15) is 8.42 Å². The fourth-order valence-electron chi connectivity index (χ4n) is 7.54. The summed E-state index contributed by atoms with van der Waals surface area (Å²) in [5, 5.41) is 30.7. The van der Waals surface area contributed by atoms with Crippen LogP contribution in [0, 0.1) is 0 Å². The molecule has 0 aromatic carbocycles. The molecule has 6 unspecified atom stereocenters. The Kier molecular flexibility index (Phi) is 37.9. The number of carbonyl (C=O) groups is 1. The molecule has 360 valence electrons. The maximum Gasteiger partial charge on any atom is 0.397 e. The van der Waals surface area contributed by atoms with E-state index >= 15 is 0 Å². The second-order valence-electron chi connectivity index (χ2n) is 17.0. The second kappa shape index (κ2) is 40.1. The van der Waals surface area contributed by atoms with E-state index in [9.17, 15) is 33.1 Å². The standard InChI is InChI=1S/C48H90O12S/c1-3-5-7-9-11-13-15-17-19-21-23-25-27-29-31-33-35-37-44(50)58-42(41-57-48-46(52)47(60-61(53,54)55)45(51)43(39-49)59-48)40-56-38-36-34-32-30-28-26-24-22-20-18-16-14-12-10-8-6-4-2/h17,19-20,22,42-43,45-49,51-52H,3-16,18,21,23-41H2,1-2H3,(H,53,54,55)/b19-17-,22-20-. The van der Waals surface area contributed by atoms with Crippen molar-refractivity contribution in [2.24, 2.45) is 0 Å². The summed E-state index contributed by atoms with van der Waals surface area (Å²) in [5.41, 5.74) is 0. The highest BCUT2D eigenvalue weighted by molar-refractivity contribution is 7.80. The molecule has 61 heavy (non-hydrogen) atoms. The average molecular weight is 891 g/mol. The van der Waals surface area contributed by atoms with Gasteiger partial charge in [0.2, 0.25) is 0 Å². The van der Waals surface area contributed by atoms with Crippen LogP contribution in [0.1, 0.15) is 213 Å². The Balaban J connectivity index is 2.40. The predicted molar refractivity (Wildman–Crippen MR) is 244 cm³/mol. The van der Waals surface area contributed by atoms with Crippen molar-refractivity contribution in [3.05, 3.63) is 24.3 Å². The molecule has 0 aliphatic carbocycles. The van der Waals surface area contributed by atoms with Gasteiger partial charge in [0.1, 0.15) is 30.5 Å². The van der Waals surface area contributed by atoms with Crippen molar-refractivity contribution in [1.82, 2.24) is 0 Å². The Labute approximate surface area is 371 Å². The number of rotatable bonds is 43. The highest BCUT2D eigenvalue weighted by Gasteiger charge is 2.48. The molecule has 0 radical (unpaired) electrons. The summed E-state index contributed by atoms with van der Waals surface area (Å²) < 4.78 is 59.2. The number of hydrogen-bond acceptors (Lipinski definition) is 11. The Morgan fingerprint density at radius 2 is 1.03 bits per heavy atom. The van der Waals surface area contributed by atoms with Crippen molar-refractivity contribution in [1.29, 1.82) is 0 Å². The van der Waals surface area contributed by atoms with Gasteiger partial charge in [-0.3, -0.25) is 9.35 Å². The van der Waals surface area contributed by atoms with Crippen LogP contribution in [0.25, 0.3) is 0 Å². The maximum absolute atomic E-state index is 12.9. The molecule has 1 rings (SSSR count). The van der Waals surface area contributed by atoms with Gasteiger partial charge in [-0.15, -0.1) is 0 Å². The van der Waals surface area contributed by atoms with Crippen LogP contribution in [0.2, 0.25) is 0 Å². The summed E-state index contributed by atoms with van der Waals surface area (Å²) in [4.78, 5) is 12.9. The van der Waals surface area contributed by atoms with Crippen LogP contribution in [0.15, 0.2) is 24.3 Å². The van der Waals surface area contributed by atoms with Crippen LogP contribution < -0.4 is 0 Å². The normalized spacial score (nSPS) is 20.3. The summed E-state index contributed by atoms with van der Waals surface area (Å²) >= 11 is 0. The quantitative estimate of drug-likeness (QED) is 0.0197. The number of carbonyl (C=O) groups excluding carboxylic acids is 1. The lowest BCUT2D eigenvalue weighted by Crippen LogP contribution is -2.60. The summed E-state index contributed by atoms with van der Waals surface area (Å²) in [6.45, 7) is 3.99. The molecule has 0 amide bonds. The van der Waals surface area contributed by atoms with E-state index in [1.807, 2.05) is 0 Å².